The molecule has 1 unspecified atom stereocenters. The van der Waals surface area contributed by atoms with Gasteiger partial charge in [0.15, 0.2) is 16.7 Å². The van der Waals surface area contributed by atoms with Crippen molar-refractivity contribution in [2.45, 2.75) is 18.9 Å². The third-order valence-electron chi connectivity index (χ3n) is 5.29. The van der Waals surface area contributed by atoms with E-state index in [4.69, 9.17) is 23.9 Å². The van der Waals surface area contributed by atoms with E-state index in [0.29, 0.717) is 33.9 Å². The number of methoxy groups -OCH3 is 1. The maximum Gasteiger partial charge on any atom is 0.266 e. The number of amidine groups is 1. The van der Waals surface area contributed by atoms with E-state index in [9.17, 15) is 4.79 Å². The fourth-order valence-corrected chi connectivity index (χ4v) is 4.73. The predicted molar refractivity (Wildman–Crippen MR) is 119 cm³/mol. The zero-order valence-electron chi connectivity index (χ0n) is 17.1. The number of carbonyl (C=O) groups excluding carboxylic acids is 1. The van der Waals surface area contributed by atoms with Crippen molar-refractivity contribution < 1.29 is 23.7 Å². The minimum Gasteiger partial charge on any atom is -0.496 e. The highest BCUT2D eigenvalue weighted by molar-refractivity contribution is 8.18. The van der Waals surface area contributed by atoms with Crippen LogP contribution in [0.4, 0.5) is 5.69 Å². The molecule has 0 N–H and O–H groups in total. The van der Waals surface area contributed by atoms with Gasteiger partial charge in [-0.3, -0.25) is 9.69 Å². The Labute approximate surface area is 184 Å². The van der Waals surface area contributed by atoms with Gasteiger partial charge in [0.25, 0.3) is 5.91 Å². The van der Waals surface area contributed by atoms with Crippen molar-refractivity contribution in [3.05, 3.63) is 52.9 Å². The van der Waals surface area contributed by atoms with E-state index in [-0.39, 0.29) is 18.8 Å². The number of fused-ring (bicyclic) bond motifs is 1. The molecule has 0 saturated carbocycles. The number of hydrogen-bond donors (Lipinski definition) is 0. The third-order valence-corrected chi connectivity index (χ3v) is 6.30. The first-order valence-corrected chi connectivity index (χ1v) is 11.0. The number of ether oxygens (including phenoxy) is 4. The van der Waals surface area contributed by atoms with Crippen molar-refractivity contribution in [1.82, 2.24) is 4.90 Å². The lowest BCUT2D eigenvalue weighted by molar-refractivity contribution is -0.123. The molecule has 2 fully saturated rings. The van der Waals surface area contributed by atoms with Gasteiger partial charge in [-0.05, 0) is 48.9 Å². The van der Waals surface area contributed by atoms with Crippen LogP contribution in [0.25, 0.3) is 6.08 Å². The fraction of sp³-hybridized carbons (Fsp3) is 0.304. The van der Waals surface area contributed by atoms with Crippen molar-refractivity contribution in [2.75, 3.05) is 27.1 Å². The summed E-state index contributed by atoms with van der Waals surface area (Å²) in [5, 5.41) is 0.651. The van der Waals surface area contributed by atoms with E-state index in [1.165, 1.54) is 11.8 Å². The highest BCUT2D eigenvalue weighted by Crippen LogP contribution is 2.41. The molecule has 0 spiro atoms. The Morgan fingerprint density at radius 1 is 1.23 bits per heavy atom. The number of nitrogens with zero attached hydrogens (tertiary/aromatic N) is 2. The molecule has 31 heavy (non-hydrogen) atoms. The first kappa shape index (κ1) is 20.0. The molecule has 2 saturated heterocycles. The van der Waals surface area contributed by atoms with E-state index in [2.05, 4.69) is 0 Å². The van der Waals surface area contributed by atoms with Crippen molar-refractivity contribution >= 4 is 34.6 Å². The largest absolute Gasteiger partial charge is 0.496 e. The van der Waals surface area contributed by atoms with Crippen molar-refractivity contribution in [2.24, 2.45) is 4.99 Å². The predicted octanol–water partition coefficient (Wildman–Crippen LogP) is 4.21. The summed E-state index contributed by atoms with van der Waals surface area (Å²) in [7, 11) is 1.59. The van der Waals surface area contributed by atoms with Crippen LogP contribution in [0.2, 0.25) is 0 Å². The standard InChI is InChI=1S/C23H22N2O5S/c1-27-18-12-20-19(29-14-30-20)10-15(18)11-21-22(26)25(13-17-8-5-9-28-17)23(31-21)24-16-6-3-2-4-7-16/h2-4,6-7,10-12,17H,5,8-9,13-14H2,1H3/b21-11-,24-23?. The molecule has 2 aromatic rings. The number of carbonyl (C=O) groups is 1. The average Bonchev–Trinajstić information content (AvgIpc) is 3.52. The van der Waals surface area contributed by atoms with E-state index >= 15 is 0 Å². The van der Waals surface area contributed by atoms with Crippen LogP contribution in [0.3, 0.4) is 0 Å². The van der Waals surface area contributed by atoms with Gasteiger partial charge in [-0.15, -0.1) is 0 Å². The van der Waals surface area contributed by atoms with Gasteiger partial charge in [0.1, 0.15) is 5.75 Å². The topological polar surface area (TPSA) is 69.6 Å². The second kappa shape index (κ2) is 8.64. The summed E-state index contributed by atoms with van der Waals surface area (Å²) in [6.07, 6.45) is 3.82. The minimum absolute atomic E-state index is 0.0324. The van der Waals surface area contributed by atoms with Crippen molar-refractivity contribution in [1.29, 1.82) is 0 Å². The van der Waals surface area contributed by atoms with Gasteiger partial charge >= 0.3 is 0 Å². The Kier molecular flexibility index (Phi) is 5.57. The summed E-state index contributed by atoms with van der Waals surface area (Å²) in [5.41, 5.74) is 1.55. The average molecular weight is 439 g/mol. The maximum atomic E-state index is 13.3. The smallest absolute Gasteiger partial charge is 0.266 e. The molecule has 0 aliphatic carbocycles. The number of aliphatic imine (C=N–C) groups is 1. The molecule has 7 nitrogen and oxygen atoms in total. The highest BCUT2D eigenvalue weighted by atomic mass is 32.2. The SMILES string of the molecule is COc1cc2c(cc1/C=C1\SC(=Nc3ccccc3)N(CC3CCCO3)C1=O)OCO2. The fourth-order valence-electron chi connectivity index (χ4n) is 3.73. The van der Waals surface area contributed by atoms with Gasteiger partial charge < -0.3 is 18.9 Å². The Morgan fingerprint density at radius 2 is 2.03 bits per heavy atom. The van der Waals surface area contributed by atoms with Crippen molar-refractivity contribution in [3.63, 3.8) is 0 Å². The van der Waals surface area contributed by atoms with Crippen molar-refractivity contribution in [3.8, 4) is 17.2 Å². The Balaban J connectivity index is 1.49. The van der Waals surface area contributed by atoms with E-state index in [0.717, 1.165) is 30.7 Å². The van der Waals surface area contributed by atoms with Gasteiger partial charge in [-0.25, -0.2) is 4.99 Å². The summed E-state index contributed by atoms with van der Waals surface area (Å²) in [5.74, 6) is 1.80. The monoisotopic (exact) mass is 438 g/mol. The Morgan fingerprint density at radius 3 is 2.77 bits per heavy atom. The number of amides is 1. The van der Waals surface area contributed by atoms with Crippen LogP contribution in [0.5, 0.6) is 17.2 Å². The second-order valence-electron chi connectivity index (χ2n) is 7.34. The van der Waals surface area contributed by atoms with Crippen LogP contribution in [0.1, 0.15) is 18.4 Å². The molecule has 3 heterocycles. The molecular weight excluding hydrogens is 416 g/mol. The van der Waals surface area contributed by atoms with Crippen LogP contribution in [-0.4, -0.2) is 49.1 Å². The Bertz CT molecular complexity index is 1050. The van der Waals surface area contributed by atoms with Gasteiger partial charge in [0, 0.05) is 18.2 Å². The zero-order chi connectivity index (χ0) is 21.2. The van der Waals surface area contributed by atoms with E-state index in [1.54, 1.807) is 18.1 Å². The molecule has 2 aromatic carbocycles. The van der Waals surface area contributed by atoms with E-state index in [1.807, 2.05) is 42.5 Å². The molecule has 1 atom stereocenters. The number of benzene rings is 2. The van der Waals surface area contributed by atoms with Crippen LogP contribution < -0.4 is 14.2 Å². The lowest BCUT2D eigenvalue weighted by Gasteiger charge is -2.19. The number of hydrogen-bond acceptors (Lipinski definition) is 7. The lowest BCUT2D eigenvalue weighted by Crippen LogP contribution is -2.36. The molecule has 0 aromatic heterocycles. The first-order chi connectivity index (χ1) is 15.2. The molecular formula is C23H22N2O5S. The molecule has 5 rings (SSSR count). The molecule has 1 amide bonds. The van der Waals surface area contributed by atoms with Gasteiger partial charge in [-0.2, -0.15) is 0 Å². The number of rotatable bonds is 5. The molecule has 160 valence electrons. The van der Waals surface area contributed by atoms with Gasteiger partial charge in [0.05, 0.1) is 30.4 Å². The summed E-state index contributed by atoms with van der Waals surface area (Å²) in [4.78, 5) is 20.4. The van der Waals surface area contributed by atoms with Gasteiger partial charge in [0.2, 0.25) is 6.79 Å². The number of thioether (sulfide) groups is 1. The summed E-state index contributed by atoms with van der Waals surface area (Å²) >= 11 is 1.36. The summed E-state index contributed by atoms with van der Waals surface area (Å²) in [6, 6.07) is 13.3. The minimum atomic E-state index is -0.0881. The van der Waals surface area contributed by atoms with E-state index < -0.39 is 0 Å². The van der Waals surface area contributed by atoms with Gasteiger partial charge in [-0.1, -0.05) is 18.2 Å². The molecule has 0 bridgehead atoms. The van der Waals surface area contributed by atoms with Crippen LogP contribution >= 0.6 is 11.8 Å². The molecule has 8 heteroatoms. The number of para-hydroxylation sites is 1. The lowest BCUT2D eigenvalue weighted by atomic mass is 10.1. The molecule has 3 aliphatic heterocycles. The zero-order valence-corrected chi connectivity index (χ0v) is 17.9. The second-order valence-corrected chi connectivity index (χ2v) is 8.35. The van der Waals surface area contributed by atoms with Crippen LogP contribution in [-0.2, 0) is 9.53 Å². The van der Waals surface area contributed by atoms with Crippen LogP contribution in [0.15, 0.2) is 52.4 Å². The molecule has 3 aliphatic rings. The van der Waals surface area contributed by atoms with Crippen LogP contribution in [0, 0.1) is 0 Å². The quantitative estimate of drug-likeness (QED) is 0.652. The third kappa shape index (κ3) is 4.13. The summed E-state index contributed by atoms with van der Waals surface area (Å²) < 4.78 is 22.2. The first-order valence-electron chi connectivity index (χ1n) is 10.2. The highest BCUT2D eigenvalue weighted by Gasteiger charge is 2.36. The summed E-state index contributed by atoms with van der Waals surface area (Å²) in [6.45, 7) is 1.41. The molecule has 0 radical (unpaired) electrons. The Hall–Kier alpha value is -2.97. The normalized spacial score (nSPS) is 22.7. The maximum absolute atomic E-state index is 13.3.